The normalized spacial score (nSPS) is 17.8. The van der Waals surface area contributed by atoms with Gasteiger partial charge in [-0.3, -0.25) is 4.79 Å². The van der Waals surface area contributed by atoms with Crippen molar-refractivity contribution in [3.63, 3.8) is 0 Å². The van der Waals surface area contributed by atoms with Gasteiger partial charge in [-0.25, -0.2) is 0 Å². The number of amides is 1. The number of nitrogens with one attached hydrogen (secondary N) is 1. The lowest BCUT2D eigenvalue weighted by molar-refractivity contribution is -0.137. The summed E-state index contributed by atoms with van der Waals surface area (Å²) in [4.78, 5) is 17.0. The predicted molar refractivity (Wildman–Crippen MR) is 147 cm³/mol. The zero-order valence-corrected chi connectivity index (χ0v) is 23.3. The van der Waals surface area contributed by atoms with Gasteiger partial charge in [0.05, 0.1) is 5.56 Å². The zero-order chi connectivity index (χ0) is 28.9. The van der Waals surface area contributed by atoms with Crippen LogP contribution in [0.4, 0.5) is 37.7 Å². The topological polar surface area (TPSA) is 35.6 Å². The zero-order valence-electron chi connectivity index (χ0n) is 22.5. The van der Waals surface area contributed by atoms with Crippen molar-refractivity contribution in [3.05, 3.63) is 53.6 Å². The van der Waals surface area contributed by atoms with E-state index >= 15 is 0 Å². The fourth-order valence-corrected chi connectivity index (χ4v) is 6.27. The molecular formula is C29H35F6N3OS. The Morgan fingerprint density at radius 1 is 0.925 bits per heavy atom. The van der Waals surface area contributed by atoms with Crippen molar-refractivity contribution in [1.29, 1.82) is 0 Å². The monoisotopic (exact) mass is 587 g/mol. The summed E-state index contributed by atoms with van der Waals surface area (Å²) in [6, 6.07) is 10.5. The summed E-state index contributed by atoms with van der Waals surface area (Å²) in [7, 11) is 0. The van der Waals surface area contributed by atoms with Gasteiger partial charge in [0, 0.05) is 54.9 Å². The molecule has 220 valence electrons. The summed E-state index contributed by atoms with van der Waals surface area (Å²) in [5, 5.41) is 3.35. The Labute approximate surface area is 235 Å². The Kier molecular flexibility index (Phi) is 9.85. The minimum Gasteiger partial charge on any atom is -0.382 e. The number of halogens is 6. The first-order chi connectivity index (χ1) is 18.9. The molecule has 2 aromatic rings. The highest BCUT2D eigenvalue weighted by Crippen LogP contribution is 2.40. The molecule has 0 aromatic heterocycles. The van der Waals surface area contributed by atoms with Gasteiger partial charge >= 0.3 is 11.7 Å². The van der Waals surface area contributed by atoms with Crippen LogP contribution in [0.5, 0.6) is 0 Å². The number of piperidine rings is 2. The van der Waals surface area contributed by atoms with E-state index in [-0.39, 0.29) is 28.6 Å². The highest BCUT2D eigenvalue weighted by atomic mass is 32.2. The van der Waals surface area contributed by atoms with Crippen molar-refractivity contribution in [2.75, 3.05) is 36.4 Å². The van der Waals surface area contributed by atoms with Crippen molar-refractivity contribution in [1.82, 2.24) is 4.90 Å². The van der Waals surface area contributed by atoms with Crippen molar-refractivity contribution >= 4 is 29.0 Å². The Bertz CT molecular complexity index is 1120. The average molecular weight is 588 g/mol. The van der Waals surface area contributed by atoms with Crippen molar-refractivity contribution in [2.45, 2.75) is 74.5 Å². The molecule has 0 aliphatic carbocycles. The molecule has 40 heavy (non-hydrogen) atoms. The molecule has 0 unspecified atom stereocenters. The molecule has 2 aliphatic rings. The number of hydrogen-bond acceptors (Lipinski definition) is 4. The van der Waals surface area contributed by atoms with Crippen LogP contribution in [0.1, 0.15) is 56.6 Å². The van der Waals surface area contributed by atoms with Crippen LogP contribution in [0.15, 0.2) is 47.4 Å². The van der Waals surface area contributed by atoms with E-state index in [1.165, 1.54) is 12.1 Å². The number of benzene rings is 2. The lowest BCUT2D eigenvalue weighted by atomic mass is 9.91. The number of hydrogen-bond donors (Lipinski definition) is 1. The first-order valence-electron chi connectivity index (χ1n) is 13.8. The van der Waals surface area contributed by atoms with Crippen LogP contribution in [-0.4, -0.2) is 48.5 Å². The molecule has 2 heterocycles. The standard InChI is InChI=1S/C29H35F6N3OS/c1-2-21-4-7-24(19-26(21)40-29(33,34)35)36-23-13-17-38(18-14-23)27(39)10-3-20-11-15-37(16-12-20)25-8-5-22(6-9-25)28(30,31)32/h4-9,19-20,23,36H,2-3,10-18H2,1H3. The number of aryl methyl sites for hydroxylation is 1. The smallest absolute Gasteiger partial charge is 0.382 e. The third-order valence-electron chi connectivity index (χ3n) is 7.83. The summed E-state index contributed by atoms with van der Waals surface area (Å²) in [5.74, 6) is 0.531. The van der Waals surface area contributed by atoms with E-state index in [9.17, 15) is 31.1 Å². The number of likely N-dealkylation sites (tertiary alicyclic amines) is 1. The van der Waals surface area contributed by atoms with E-state index in [1.54, 1.807) is 12.1 Å². The van der Waals surface area contributed by atoms with Crippen LogP contribution in [0.2, 0.25) is 0 Å². The second-order valence-electron chi connectivity index (χ2n) is 10.5. The molecule has 2 aliphatic heterocycles. The molecule has 2 aromatic carbocycles. The maximum absolute atomic E-state index is 13.0. The van der Waals surface area contributed by atoms with Gasteiger partial charge in [0.2, 0.25) is 5.91 Å². The van der Waals surface area contributed by atoms with Gasteiger partial charge in [-0.15, -0.1) is 0 Å². The van der Waals surface area contributed by atoms with Gasteiger partial charge in [0.15, 0.2) is 0 Å². The second kappa shape index (κ2) is 13.0. The van der Waals surface area contributed by atoms with Gasteiger partial charge in [0.1, 0.15) is 0 Å². The highest BCUT2D eigenvalue weighted by molar-refractivity contribution is 8.00. The summed E-state index contributed by atoms with van der Waals surface area (Å²) in [6.45, 7) is 4.56. The third-order valence-corrected chi connectivity index (χ3v) is 8.66. The van der Waals surface area contributed by atoms with Crippen molar-refractivity contribution in [2.24, 2.45) is 5.92 Å². The summed E-state index contributed by atoms with van der Waals surface area (Å²) >= 11 is -0.0832. The molecular weight excluding hydrogens is 552 g/mol. The number of thioether (sulfide) groups is 1. The molecule has 0 spiro atoms. The van der Waals surface area contributed by atoms with Gasteiger partial charge < -0.3 is 15.1 Å². The van der Waals surface area contributed by atoms with E-state index in [4.69, 9.17) is 0 Å². The molecule has 2 saturated heterocycles. The molecule has 0 radical (unpaired) electrons. The van der Waals surface area contributed by atoms with Crippen LogP contribution >= 0.6 is 11.8 Å². The van der Waals surface area contributed by atoms with Crippen molar-refractivity contribution < 1.29 is 31.1 Å². The molecule has 0 bridgehead atoms. The number of carbonyl (C=O) groups is 1. The SMILES string of the molecule is CCc1ccc(NC2CCN(C(=O)CCC3CCN(c4ccc(C(F)(F)F)cc4)CC3)CC2)cc1SC(F)(F)F. The van der Waals surface area contributed by atoms with Gasteiger partial charge in [-0.1, -0.05) is 13.0 Å². The summed E-state index contributed by atoms with van der Waals surface area (Å²) < 4.78 is 77.3. The fourth-order valence-electron chi connectivity index (χ4n) is 5.49. The molecule has 4 rings (SSSR count). The van der Waals surface area contributed by atoms with E-state index in [2.05, 4.69) is 10.2 Å². The van der Waals surface area contributed by atoms with E-state index < -0.39 is 17.2 Å². The number of rotatable bonds is 8. The number of nitrogens with zero attached hydrogens (tertiary/aromatic N) is 2. The molecule has 0 atom stereocenters. The Morgan fingerprint density at radius 2 is 1.57 bits per heavy atom. The first kappa shape index (κ1) is 30.4. The average Bonchev–Trinajstić information content (AvgIpc) is 2.91. The number of carbonyl (C=O) groups excluding carboxylic acids is 1. The Balaban J connectivity index is 1.18. The van der Waals surface area contributed by atoms with Gasteiger partial charge in [-0.05, 0) is 98.2 Å². The molecule has 11 heteroatoms. The molecule has 1 amide bonds. The second-order valence-corrected chi connectivity index (χ2v) is 11.6. The van der Waals surface area contributed by atoms with E-state index in [1.807, 2.05) is 17.9 Å². The van der Waals surface area contributed by atoms with E-state index in [0.29, 0.717) is 43.1 Å². The van der Waals surface area contributed by atoms with Crippen LogP contribution in [0, 0.1) is 5.92 Å². The maximum Gasteiger partial charge on any atom is 0.446 e. The van der Waals surface area contributed by atoms with Crippen molar-refractivity contribution in [3.8, 4) is 0 Å². The van der Waals surface area contributed by atoms with Crippen LogP contribution in [-0.2, 0) is 17.4 Å². The quantitative estimate of drug-likeness (QED) is 0.251. The Hall–Kier alpha value is -2.56. The third kappa shape index (κ3) is 8.47. The minimum absolute atomic E-state index is 0.0832. The Morgan fingerprint density at radius 3 is 2.15 bits per heavy atom. The first-order valence-corrected chi connectivity index (χ1v) is 14.6. The summed E-state index contributed by atoms with van der Waals surface area (Å²) in [5.41, 5.74) is -2.87. The largest absolute Gasteiger partial charge is 0.446 e. The molecule has 2 fully saturated rings. The lowest BCUT2D eigenvalue weighted by Gasteiger charge is -2.35. The maximum atomic E-state index is 13.0. The van der Waals surface area contributed by atoms with Gasteiger partial charge in [0.25, 0.3) is 0 Å². The van der Waals surface area contributed by atoms with Crippen LogP contribution in [0.25, 0.3) is 0 Å². The van der Waals surface area contributed by atoms with Crippen LogP contribution < -0.4 is 10.2 Å². The highest BCUT2D eigenvalue weighted by Gasteiger charge is 2.32. The lowest BCUT2D eigenvalue weighted by Crippen LogP contribution is -2.42. The van der Waals surface area contributed by atoms with Crippen LogP contribution in [0.3, 0.4) is 0 Å². The number of anilines is 2. The molecule has 0 saturated carbocycles. The molecule has 1 N–H and O–H groups in total. The predicted octanol–water partition coefficient (Wildman–Crippen LogP) is 7.98. The molecule has 4 nitrogen and oxygen atoms in total. The number of alkyl halides is 6. The summed E-state index contributed by atoms with van der Waals surface area (Å²) in [6.07, 6.45) is 0.701. The van der Waals surface area contributed by atoms with Gasteiger partial charge in [-0.2, -0.15) is 26.3 Å². The minimum atomic E-state index is -4.34. The van der Waals surface area contributed by atoms with E-state index in [0.717, 1.165) is 63.0 Å². The fraction of sp³-hybridized carbons (Fsp3) is 0.552.